The minimum Gasteiger partial charge on any atom is -0.472 e. The van der Waals surface area contributed by atoms with Crippen LogP contribution in [0.2, 0.25) is 0 Å². The summed E-state index contributed by atoms with van der Waals surface area (Å²) in [5.74, 6) is 0.435. The summed E-state index contributed by atoms with van der Waals surface area (Å²) in [4.78, 5) is 12.0. The van der Waals surface area contributed by atoms with E-state index in [9.17, 15) is 4.79 Å². The van der Waals surface area contributed by atoms with Crippen molar-refractivity contribution in [3.05, 3.63) is 23.7 Å². The van der Waals surface area contributed by atoms with Gasteiger partial charge in [0.05, 0.1) is 11.8 Å². The summed E-state index contributed by atoms with van der Waals surface area (Å²) >= 11 is 0. The number of piperidine rings is 1. The maximum absolute atomic E-state index is 12.0. The second-order valence-corrected chi connectivity index (χ2v) is 3.86. The molecule has 2 heterocycles. The topological polar surface area (TPSA) is 42.2 Å². The Morgan fingerprint density at radius 3 is 2.71 bits per heavy atom. The van der Waals surface area contributed by atoms with Crippen LogP contribution < -0.4 is 5.32 Å². The Labute approximate surface area is 83.5 Å². The molecule has 1 aliphatic heterocycles. The van der Waals surface area contributed by atoms with Crippen LogP contribution in [0.1, 0.15) is 28.8 Å². The van der Waals surface area contributed by atoms with Crippen molar-refractivity contribution in [2.24, 2.45) is 5.92 Å². The van der Waals surface area contributed by atoms with Crippen molar-refractivity contribution in [2.45, 2.75) is 19.8 Å². The first kappa shape index (κ1) is 9.46. The van der Waals surface area contributed by atoms with Gasteiger partial charge in [-0.1, -0.05) is 0 Å². The van der Waals surface area contributed by atoms with E-state index in [-0.39, 0.29) is 11.7 Å². The smallest absolute Gasteiger partial charge is 0.169 e. The molecule has 0 amide bonds. The molecule has 0 atom stereocenters. The van der Waals surface area contributed by atoms with Gasteiger partial charge in [0.25, 0.3) is 0 Å². The summed E-state index contributed by atoms with van der Waals surface area (Å²) in [6, 6.07) is 0. The molecule has 0 saturated carbocycles. The second-order valence-electron chi connectivity index (χ2n) is 3.86. The highest BCUT2D eigenvalue weighted by Crippen LogP contribution is 2.20. The molecule has 76 valence electrons. The van der Waals surface area contributed by atoms with Gasteiger partial charge in [0.2, 0.25) is 0 Å². The lowest BCUT2D eigenvalue weighted by Crippen LogP contribution is -2.31. The van der Waals surface area contributed by atoms with Crippen molar-refractivity contribution in [1.82, 2.24) is 5.32 Å². The highest BCUT2D eigenvalue weighted by atomic mass is 16.3. The molecule has 2 rings (SSSR count). The lowest BCUT2D eigenvalue weighted by atomic mass is 9.89. The van der Waals surface area contributed by atoms with E-state index < -0.39 is 0 Å². The Morgan fingerprint density at radius 1 is 1.43 bits per heavy atom. The van der Waals surface area contributed by atoms with Crippen LogP contribution in [0, 0.1) is 12.8 Å². The van der Waals surface area contributed by atoms with Crippen LogP contribution in [0.4, 0.5) is 0 Å². The minimum absolute atomic E-state index is 0.188. The first-order valence-corrected chi connectivity index (χ1v) is 5.07. The van der Waals surface area contributed by atoms with Crippen molar-refractivity contribution >= 4 is 5.78 Å². The van der Waals surface area contributed by atoms with E-state index in [2.05, 4.69) is 5.32 Å². The molecule has 1 aromatic rings. The molecule has 3 nitrogen and oxygen atoms in total. The fourth-order valence-corrected chi connectivity index (χ4v) is 1.92. The predicted octanol–water partition coefficient (Wildman–Crippen LogP) is 1.77. The SMILES string of the molecule is Cc1cocc1C(=O)C1CCNCC1. The van der Waals surface area contributed by atoms with Gasteiger partial charge in [-0.15, -0.1) is 0 Å². The van der Waals surface area contributed by atoms with Crippen LogP contribution in [0.25, 0.3) is 0 Å². The molecule has 0 spiro atoms. The third-order valence-corrected chi connectivity index (χ3v) is 2.83. The number of Topliss-reactive ketones (excluding diaryl/α,β-unsaturated/α-hetero) is 1. The average Bonchev–Trinajstić information content (AvgIpc) is 2.65. The summed E-state index contributed by atoms with van der Waals surface area (Å²) in [6.07, 6.45) is 5.10. The standard InChI is InChI=1S/C11H15NO2/c1-8-6-14-7-10(8)11(13)9-2-4-12-5-3-9/h6-7,9,12H,2-5H2,1H3. The number of carbonyl (C=O) groups excluding carboxylic acids is 1. The highest BCUT2D eigenvalue weighted by molar-refractivity contribution is 5.98. The summed E-state index contributed by atoms with van der Waals surface area (Å²) < 4.78 is 5.02. The van der Waals surface area contributed by atoms with Crippen molar-refractivity contribution in [1.29, 1.82) is 0 Å². The quantitative estimate of drug-likeness (QED) is 0.728. The summed E-state index contributed by atoms with van der Waals surface area (Å²) in [5, 5.41) is 3.25. The number of hydrogen-bond acceptors (Lipinski definition) is 3. The van der Waals surface area contributed by atoms with Gasteiger partial charge in [-0.05, 0) is 38.4 Å². The van der Waals surface area contributed by atoms with Gasteiger partial charge in [-0.25, -0.2) is 0 Å². The number of nitrogens with one attached hydrogen (secondary N) is 1. The van der Waals surface area contributed by atoms with Crippen LogP contribution in [0.3, 0.4) is 0 Å². The maximum atomic E-state index is 12.0. The van der Waals surface area contributed by atoms with Gasteiger partial charge in [0, 0.05) is 5.92 Å². The zero-order chi connectivity index (χ0) is 9.97. The molecule has 0 radical (unpaired) electrons. The maximum Gasteiger partial charge on any atom is 0.169 e. The van der Waals surface area contributed by atoms with Crippen LogP contribution in [-0.2, 0) is 0 Å². The molecule has 3 heteroatoms. The van der Waals surface area contributed by atoms with E-state index >= 15 is 0 Å². The third-order valence-electron chi connectivity index (χ3n) is 2.83. The predicted molar refractivity (Wildman–Crippen MR) is 53.4 cm³/mol. The molecule has 0 aliphatic carbocycles. The van der Waals surface area contributed by atoms with Crippen LogP contribution in [0.15, 0.2) is 16.9 Å². The Kier molecular flexibility index (Phi) is 2.68. The van der Waals surface area contributed by atoms with Gasteiger partial charge in [0.15, 0.2) is 5.78 Å². The van der Waals surface area contributed by atoms with Crippen molar-refractivity contribution in [3.8, 4) is 0 Å². The first-order chi connectivity index (χ1) is 6.79. The Hall–Kier alpha value is -1.09. The van der Waals surface area contributed by atoms with Gasteiger partial charge in [0.1, 0.15) is 6.26 Å². The molecular weight excluding hydrogens is 178 g/mol. The van der Waals surface area contributed by atoms with E-state index in [1.807, 2.05) is 6.92 Å². The third kappa shape index (κ3) is 1.73. The van der Waals surface area contributed by atoms with Crippen LogP contribution in [-0.4, -0.2) is 18.9 Å². The molecule has 14 heavy (non-hydrogen) atoms. The highest BCUT2D eigenvalue weighted by Gasteiger charge is 2.23. The van der Waals surface area contributed by atoms with E-state index in [4.69, 9.17) is 4.42 Å². The Balaban J connectivity index is 2.11. The molecule has 1 aromatic heterocycles. The van der Waals surface area contributed by atoms with Gasteiger partial charge >= 0.3 is 0 Å². The molecule has 1 aliphatic rings. The summed E-state index contributed by atoms with van der Waals surface area (Å²) in [7, 11) is 0. The fourth-order valence-electron chi connectivity index (χ4n) is 1.92. The molecule has 1 saturated heterocycles. The molecule has 0 unspecified atom stereocenters. The number of aryl methyl sites for hydroxylation is 1. The molecule has 0 aromatic carbocycles. The minimum atomic E-state index is 0.188. The fraction of sp³-hybridized carbons (Fsp3) is 0.545. The van der Waals surface area contributed by atoms with Gasteiger partial charge < -0.3 is 9.73 Å². The van der Waals surface area contributed by atoms with Gasteiger partial charge in [-0.3, -0.25) is 4.79 Å². The lowest BCUT2D eigenvalue weighted by Gasteiger charge is -2.20. The first-order valence-electron chi connectivity index (χ1n) is 5.07. The summed E-state index contributed by atoms with van der Waals surface area (Å²) in [6.45, 7) is 3.82. The molecule has 0 bridgehead atoms. The number of carbonyl (C=O) groups is 1. The normalized spacial score (nSPS) is 18.4. The van der Waals surface area contributed by atoms with Crippen LogP contribution >= 0.6 is 0 Å². The van der Waals surface area contributed by atoms with Gasteiger partial charge in [-0.2, -0.15) is 0 Å². The van der Waals surface area contributed by atoms with E-state index in [0.717, 1.165) is 37.1 Å². The number of ketones is 1. The summed E-state index contributed by atoms with van der Waals surface area (Å²) in [5.41, 5.74) is 1.71. The monoisotopic (exact) mass is 193 g/mol. The van der Waals surface area contributed by atoms with Crippen LogP contribution in [0.5, 0.6) is 0 Å². The number of furan rings is 1. The second kappa shape index (κ2) is 3.96. The molecular formula is C11H15NO2. The van der Waals surface area contributed by atoms with Crippen molar-refractivity contribution < 1.29 is 9.21 Å². The van der Waals surface area contributed by atoms with E-state index in [0.29, 0.717) is 0 Å². The zero-order valence-corrected chi connectivity index (χ0v) is 8.38. The molecule has 1 N–H and O–H groups in total. The van der Waals surface area contributed by atoms with E-state index in [1.165, 1.54) is 0 Å². The number of hydrogen-bond donors (Lipinski definition) is 1. The Morgan fingerprint density at radius 2 is 2.14 bits per heavy atom. The molecule has 1 fully saturated rings. The Bertz CT molecular complexity index is 324. The van der Waals surface area contributed by atoms with Crippen molar-refractivity contribution in [2.75, 3.05) is 13.1 Å². The lowest BCUT2D eigenvalue weighted by molar-refractivity contribution is 0.0894. The van der Waals surface area contributed by atoms with Crippen molar-refractivity contribution in [3.63, 3.8) is 0 Å². The largest absolute Gasteiger partial charge is 0.472 e. The number of rotatable bonds is 2. The zero-order valence-electron chi connectivity index (χ0n) is 8.38. The van der Waals surface area contributed by atoms with E-state index in [1.54, 1.807) is 12.5 Å². The average molecular weight is 193 g/mol.